The van der Waals surface area contributed by atoms with E-state index in [2.05, 4.69) is 4.90 Å². The van der Waals surface area contributed by atoms with Crippen LogP contribution in [0.25, 0.3) is 11.1 Å². The van der Waals surface area contributed by atoms with Crippen LogP contribution in [-0.2, 0) is 13.1 Å². The van der Waals surface area contributed by atoms with Crippen molar-refractivity contribution in [3.8, 4) is 0 Å². The Balaban J connectivity index is 1.31. The van der Waals surface area contributed by atoms with Crippen LogP contribution in [0, 0.1) is 11.6 Å². The molecule has 3 heterocycles. The Bertz CT molecular complexity index is 1260. The first-order valence-corrected chi connectivity index (χ1v) is 10.6. The fraction of sp³-hybridized carbons (Fsp3) is 0.240. The number of piperazine rings is 1. The maximum atomic E-state index is 13.7. The number of halogens is 2. The number of carbonyl (C=O) groups excluding carboxylic acids is 1. The summed E-state index contributed by atoms with van der Waals surface area (Å²) in [7, 11) is 0. The lowest BCUT2D eigenvalue weighted by molar-refractivity contribution is 0.0619. The van der Waals surface area contributed by atoms with Gasteiger partial charge in [-0.05, 0) is 35.4 Å². The van der Waals surface area contributed by atoms with Crippen molar-refractivity contribution in [3.63, 3.8) is 0 Å². The molecule has 2 aromatic carbocycles. The summed E-state index contributed by atoms with van der Waals surface area (Å²) < 4.78 is 34.5. The van der Waals surface area contributed by atoms with Gasteiger partial charge in [-0.25, -0.2) is 8.78 Å². The lowest BCUT2D eigenvalue weighted by atomic mass is 10.2. The van der Waals surface area contributed by atoms with Gasteiger partial charge < -0.3 is 13.9 Å². The predicted octanol–water partition coefficient (Wildman–Crippen LogP) is 4.52. The highest BCUT2D eigenvalue weighted by atomic mass is 19.1. The van der Waals surface area contributed by atoms with E-state index in [1.54, 1.807) is 30.5 Å². The van der Waals surface area contributed by atoms with Crippen LogP contribution in [0.2, 0.25) is 0 Å². The Morgan fingerprint density at radius 1 is 0.844 bits per heavy atom. The number of aromatic nitrogens is 1. The zero-order valence-electron chi connectivity index (χ0n) is 17.5. The average Bonchev–Trinajstić information content (AvgIpc) is 3.37. The van der Waals surface area contributed by atoms with Gasteiger partial charge in [-0.3, -0.25) is 9.69 Å². The standard InChI is InChI=1S/C25H23F2N3O2/c26-20-5-1-3-18(13-20)16-28-8-10-29(11-9-28)25(31)23-15-24-22(7-12-32-24)30(23)17-19-4-2-6-21(27)14-19/h1-7,12-15H,8-11,16-17H2. The van der Waals surface area contributed by atoms with Crippen molar-refractivity contribution in [1.29, 1.82) is 0 Å². The quantitative estimate of drug-likeness (QED) is 0.463. The van der Waals surface area contributed by atoms with E-state index in [1.807, 2.05) is 27.7 Å². The summed E-state index contributed by atoms with van der Waals surface area (Å²) in [6.45, 7) is 3.62. The molecular formula is C25H23F2N3O2. The number of hydrogen-bond donors (Lipinski definition) is 0. The fourth-order valence-electron chi connectivity index (χ4n) is 4.31. The maximum absolute atomic E-state index is 13.7. The summed E-state index contributed by atoms with van der Waals surface area (Å²) in [5, 5.41) is 0. The molecule has 2 aromatic heterocycles. The first-order valence-electron chi connectivity index (χ1n) is 10.6. The summed E-state index contributed by atoms with van der Waals surface area (Å²) in [6, 6.07) is 16.6. The molecular weight excluding hydrogens is 412 g/mol. The zero-order valence-corrected chi connectivity index (χ0v) is 17.5. The number of rotatable bonds is 5. The molecule has 1 aliphatic rings. The fourth-order valence-corrected chi connectivity index (χ4v) is 4.31. The number of hydrogen-bond acceptors (Lipinski definition) is 3. The van der Waals surface area contributed by atoms with E-state index in [-0.39, 0.29) is 17.5 Å². The molecule has 0 aliphatic carbocycles. The first-order chi connectivity index (χ1) is 15.6. The number of furan rings is 1. The van der Waals surface area contributed by atoms with Crippen LogP contribution in [0.5, 0.6) is 0 Å². The molecule has 5 nitrogen and oxygen atoms in total. The van der Waals surface area contributed by atoms with Crippen LogP contribution in [-0.4, -0.2) is 46.5 Å². The normalized spacial score (nSPS) is 14.9. The molecule has 1 fully saturated rings. The van der Waals surface area contributed by atoms with Crippen molar-refractivity contribution >= 4 is 17.0 Å². The van der Waals surface area contributed by atoms with Crippen LogP contribution >= 0.6 is 0 Å². The molecule has 0 unspecified atom stereocenters. The Morgan fingerprint density at radius 3 is 2.16 bits per heavy atom. The highest BCUT2D eigenvalue weighted by molar-refractivity contribution is 5.97. The third-order valence-corrected chi connectivity index (χ3v) is 5.93. The van der Waals surface area contributed by atoms with Gasteiger partial charge in [0.25, 0.3) is 5.91 Å². The van der Waals surface area contributed by atoms with Crippen LogP contribution in [0.1, 0.15) is 21.6 Å². The minimum atomic E-state index is -0.305. The summed E-state index contributed by atoms with van der Waals surface area (Å²) in [5.41, 5.74) is 3.67. The molecule has 0 spiro atoms. The van der Waals surface area contributed by atoms with Crippen LogP contribution in [0.4, 0.5) is 8.78 Å². The van der Waals surface area contributed by atoms with Gasteiger partial charge in [-0.1, -0.05) is 24.3 Å². The maximum Gasteiger partial charge on any atom is 0.270 e. The van der Waals surface area contributed by atoms with E-state index in [1.165, 1.54) is 18.2 Å². The van der Waals surface area contributed by atoms with Crippen molar-refractivity contribution in [1.82, 2.24) is 14.4 Å². The minimum Gasteiger partial charge on any atom is -0.463 e. The molecule has 1 aliphatic heterocycles. The Hall–Kier alpha value is -3.45. The van der Waals surface area contributed by atoms with Crippen molar-refractivity contribution < 1.29 is 18.0 Å². The van der Waals surface area contributed by atoms with Gasteiger partial charge in [0.1, 0.15) is 17.3 Å². The highest BCUT2D eigenvalue weighted by Gasteiger charge is 2.26. The van der Waals surface area contributed by atoms with Gasteiger partial charge in [-0.15, -0.1) is 0 Å². The van der Waals surface area contributed by atoms with Gasteiger partial charge >= 0.3 is 0 Å². The van der Waals surface area contributed by atoms with Crippen molar-refractivity contribution in [2.75, 3.05) is 26.2 Å². The summed E-state index contributed by atoms with van der Waals surface area (Å²) >= 11 is 0. The molecule has 0 saturated carbocycles. The Kier molecular flexibility index (Phi) is 5.49. The average molecular weight is 435 g/mol. The number of amides is 1. The monoisotopic (exact) mass is 435 g/mol. The third kappa shape index (κ3) is 4.16. The molecule has 7 heteroatoms. The smallest absolute Gasteiger partial charge is 0.270 e. The molecule has 0 bridgehead atoms. The van der Waals surface area contributed by atoms with E-state index in [4.69, 9.17) is 4.42 Å². The second kappa shape index (κ2) is 8.59. The highest BCUT2D eigenvalue weighted by Crippen LogP contribution is 2.24. The molecule has 5 rings (SSSR count). The minimum absolute atomic E-state index is 0.0711. The summed E-state index contributed by atoms with van der Waals surface area (Å²) in [6.07, 6.45) is 1.59. The molecule has 1 amide bonds. The van der Waals surface area contributed by atoms with Crippen molar-refractivity contribution in [2.24, 2.45) is 0 Å². The topological polar surface area (TPSA) is 41.6 Å². The number of fused-ring (bicyclic) bond motifs is 1. The summed E-state index contributed by atoms with van der Waals surface area (Å²) in [5.74, 6) is -0.613. The van der Waals surface area contributed by atoms with Gasteiger partial charge in [0.2, 0.25) is 0 Å². The molecule has 164 valence electrons. The predicted molar refractivity (Wildman–Crippen MR) is 117 cm³/mol. The number of nitrogens with zero attached hydrogens (tertiary/aromatic N) is 3. The molecule has 0 N–H and O–H groups in total. The zero-order chi connectivity index (χ0) is 22.1. The molecule has 4 aromatic rings. The van der Waals surface area contributed by atoms with E-state index in [9.17, 15) is 13.6 Å². The lowest BCUT2D eigenvalue weighted by Gasteiger charge is -2.35. The van der Waals surface area contributed by atoms with Gasteiger partial charge in [0.05, 0.1) is 11.8 Å². The SMILES string of the molecule is O=C(c1cc2occc2n1Cc1cccc(F)c1)N1CCN(Cc2cccc(F)c2)CC1. The largest absolute Gasteiger partial charge is 0.463 e. The second-order valence-corrected chi connectivity index (χ2v) is 8.11. The second-order valence-electron chi connectivity index (χ2n) is 8.11. The summed E-state index contributed by atoms with van der Waals surface area (Å²) in [4.78, 5) is 17.4. The Morgan fingerprint density at radius 2 is 1.50 bits per heavy atom. The lowest BCUT2D eigenvalue weighted by Crippen LogP contribution is -2.48. The van der Waals surface area contributed by atoms with E-state index < -0.39 is 0 Å². The van der Waals surface area contributed by atoms with E-state index >= 15 is 0 Å². The Labute approximate surface area is 184 Å². The number of carbonyl (C=O) groups is 1. The van der Waals surface area contributed by atoms with Crippen LogP contribution < -0.4 is 0 Å². The van der Waals surface area contributed by atoms with E-state index in [0.29, 0.717) is 50.5 Å². The van der Waals surface area contributed by atoms with Crippen LogP contribution in [0.3, 0.4) is 0 Å². The van der Waals surface area contributed by atoms with Gasteiger partial charge in [-0.2, -0.15) is 0 Å². The third-order valence-electron chi connectivity index (χ3n) is 5.93. The number of benzene rings is 2. The molecule has 0 radical (unpaired) electrons. The van der Waals surface area contributed by atoms with Gasteiger partial charge in [0.15, 0.2) is 5.58 Å². The molecule has 1 saturated heterocycles. The first kappa shape index (κ1) is 20.5. The van der Waals surface area contributed by atoms with Crippen molar-refractivity contribution in [3.05, 3.63) is 95.4 Å². The van der Waals surface area contributed by atoms with Gasteiger partial charge in [0, 0.05) is 51.4 Å². The molecule has 0 atom stereocenters. The van der Waals surface area contributed by atoms with Crippen molar-refractivity contribution in [2.45, 2.75) is 13.1 Å². The van der Waals surface area contributed by atoms with Crippen LogP contribution in [0.15, 0.2) is 71.3 Å². The molecule has 32 heavy (non-hydrogen) atoms. The van der Waals surface area contributed by atoms with E-state index in [0.717, 1.165) is 16.6 Å².